The fourth-order valence-corrected chi connectivity index (χ4v) is 0.690. The lowest BCUT2D eigenvalue weighted by molar-refractivity contribution is -0.122. The van der Waals surface area contributed by atoms with Gasteiger partial charge in [-0.3, -0.25) is 4.79 Å². The highest BCUT2D eigenvalue weighted by Crippen LogP contribution is 1.85. The van der Waals surface area contributed by atoms with Crippen molar-refractivity contribution >= 4 is 5.91 Å². The number of nitrogens with one attached hydrogen (secondary N) is 1. The minimum Gasteiger partial charge on any atom is -0.354 e. The number of carbonyl (C=O) groups is 1. The number of amides is 1. The van der Waals surface area contributed by atoms with Crippen molar-refractivity contribution < 1.29 is 4.79 Å². The van der Waals surface area contributed by atoms with Crippen LogP contribution in [0, 0.1) is 11.8 Å². The van der Waals surface area contributed by atoms with Crippen molar-refractivity contribution in [2.24, 2.45) is 5.73 Å². The van der Waals surface area contributed by atoms with E-state index in [1.165, 1.54) is 0 Å². The second-order valence-electron chi connectivity index (χ2n) is 2.48. The Balaban J connectivity index is 3.48. The van der Waals surface area contributed by atoms with Gasteiger partial charge in [-0.2, -0.15) is 0 Å². The zero-order chi connectivity index (χ0) is 9.40. The molecule has 3 nitrogen and oxygen atoms in total. The SMILES string of the molecule is CC#CCCNC(=O)[C@@H](N)CC. The van der Waals surface area contributed by atoms with Crippen LogP contribution in [0.1, 0.15) is 26.7 Å². The van der Waals surface area contributed by atoms with E-state index in [1.54, 1.807) is 6.92 Å². The summed E-state index contributed by atoms with van der Waals surface area (Å²) in [5, 5.41) is 2.70. The van der Waals surface area contributed by atoms with E-state index >= 15 is 0 Å². The first-order valence-electron chi connectivity index (χ1n) is 4.15. The van der Waals surface area contributed by atoms with Crippen LogP contribution in [0.25, 0.3) is 0 Å². The van der Waals surface area contributed by atoms with Crippen LogP contribution in [0.4, 0.5) is 0 Å². The van der Waals surface area contributed by atoms with Gasteiger partial charge in [0.05, 0.1) is 6.04 Å². The van der Waals surface area contributed by atoms with Crippen molar-refractivity contribution in [1.82, 2.24) is 5.32 Å². The quantitative estimate of drug-likeness (QED) is 0.467. The number of hydrogen-bond donors (Lipinski definition) is 2. The molecule has 0 aromatic carbocycles. The molecule has 12 heavy (non-hydrogen) atoms. The molecule has 0 bridgehead atoms. The third-order valence-electron chi connectivity index (χ3n) is 1.50. The predicted molar refractivity (Wildman–Crippen MR) is 49.3 cm³/mol. The van der Waals surface area contributed by atoms with Gasteiger partial charge >= 0.3 is 0 Å². The van der Waals surface area contributed by atoms with Crippen LogP contribution in [-0.4, -0.2) is 18.5 Å². The molecular formula is C9H16N2O. The van der Waals surface area contributed by atoms with Crippen LogP contribution >= 0.6 is 0 Å². The number of hydrogen-bond acceptors (Lipinski definition) is 2. The van der Waals surface area contributed by atoms with Crippen molar-refractivity contribution in [1.29, 1.82) is 0 Å². The number of nitrogens with two attached hydrogens (primary N) is 1. The van der Waals surface area contributed by atoms with Crippen LogP contribution in [0.2, 0.25) is 0 Å². The molecule has 0 radical (unpaired) electrons. The molecule has 1 atom stereocenters. The largest absolute Gasteiger partial charge is 0.354 e. The van der Waals surface area contributed by atoms with Gasteiger partial charge in [-0.25, -0.2) is 0 Å². The van der Waals surface area contributed by atoms with Crippen LogP contribution < -0.4 is 11.1 Å². The molecule has 0 aromatic heterocycles. The third-order valence-corrected chi connectivity index (χ3v) is 1.50. The Bertz CT molecular complexity index is 190. The fraction of sp³-hybridized carbons (Fsp3) is 0.667. The molecule has 68 valence electrons. The Labute approximate surface area is 73.7 Å². The zero-order valence-electron chi connectivity index (χ0n) is 7.68. The Hall–Kier alpha value is -1.01. The van der Waals surface area contributed by atoms with Crippen molar-refractivity contribution in [3.8, 4) is 11.8 Å². The van der Waals surface area contributed by atoms with Gasteiger partial charge in [0.25, 0.3) is 0 Å². The summed E-state index contributed by atoms with van der Waals surface area (Å²) >= 11 is 0. The van der Waals surface area contributed by atoms with E-state index in [0.29, 0.717) is 19.4 Å². The molecule has 0 rings (SSSR count). The smallest absolute Gasteiger partial charge is 0.236 e. The summed E-state index contributed by atoms with van der Waals surface area (Å²) in [5.41, 5.74) is 5.48. The fourth-order valence-electron chi connectivity index (χ4n) is 0.690. The normalized spacial score (nSPS) is 11.2. The van der Waals surface area contributed by atoms with Crippen LogP contribution in [0.15, 0.2) is 0 Å². The van der Waals surface area contributed by atoms with E-state index in [2.05, 4.69) is 17.2 Å². The lowest BCUT2D eigenvalue weighted by Gasteiger charge is -2.07. The molecule has 0 saturated heterocycles. The minimum absolute atomic E-state index is 0.0876. The molecule has 0 unspecified atom stereocenters. The van der Waals surface area contributed by atoms with Gasteiger partial charge in [0.15, 0.2) is 0 Å². The maximum absolute atomic E-state index is 11.1. The van der Waals surface area contributed by atoms with Crippen molar-refractivity contribution in [2.75, 3.05) is 6.54 Å². The second kappa shape index (κ2) is 6.68. The molecule has 0 fully saturated rings. The van der Waals surface area contributed by atoms with Crippen LogP contribution in [-0.2, 0) is 4.79 Å². The van der Waals surface area contributed by atoms with Gasteiger partial charge in [-0.05, 0) is 13.3 Å². The minimum atomic E-state index is -0.375. The van der Waals surface area contributed by atoms with Gasteiger partial charge in [0, 0.05) is 13.0 Å². The second-order valence-corrected chi connectivity index (χ2v) is 2.48. The average molecular weight is 168 g/mol. The predicted octanol–water partition coefficient (Wildman–Crippen LogP) is 0.253. The molecule has 0 spiro atoms. The molecule has 0 heterocycles. The summed E-state index contributed by atoms with van der Waals surface area (Å²) in [6, 6.07) is -0.375. The van der Waals surface area contributed by atoms with E-state index in [1.807, 2.05) is 6.92 Å². The van der Waals surface area contributed by atoms with Crippen molar-refractivity contribution in [3.05, 3.63) is 0 Å². The lowest BCUT2D eigenvalue weighted by atomic mass is 10.2. The van der Waals surface area contributed by atoms with Gasteiger partial charge < -0.3 is 11.1 Å². The summed E-state index contributed by atoms with van der Waals surface area (Å²) in [5.74, 6) is 5.52. The van der Waals surface area contributed by atoms with Gasteiger partial charge in [0.1, 0.15) is 0 Å². The van der Waals surface area contributed by atoms with E-state index in [4.69, 9.17) is 5.73 Å². The van der Waals surface area contributed by atoms with Gasteiger partial charge in [-0.15, -0.1) is 11.8 Å². The van der Waals surface area contributed by atoms with Crippen LogP contribution in [0.3, 0.4) is 0 Å². The molecule has 0 aliphatic heterocycles. The highest BCUT2D eigenvalue weighted by atomic mass is 16.2. The highest BCUT2D eigenvalue weighted by Gasteiger charge is 2.08. The summed E-state index contributed by atoms with van der Waals surface area (Å²) < 4.78 is 0. The maximum Gasteiger partial charge on any atom is 0.236 e. The molecule has 3 N–H and O–H groups in total. The van der Waals surface area contributed by atoms with E-state index in [-0.39, 0.29) is 11.9 Å². The molecule has 0 aromatic rings. The third kappa shape index (κ3) is 4.75. The first kappa shape index (κ1) is 11.0. The number of carbonyl (C=O) groups excluding carboxylic acids is 1. The monoisotopic (exact) mass is 168 g/mol. The average Bonchev–Trinajstić information content (AvgIpc) is 2.10. The first-order chi connectivity index (χ1) is 5.72. The Morgan fingerprint density at radius 3 is 2.83 bits per heavy atom. The maximum atomic E-state index is 11.1. The Kier molecular flexibility index (Phi) is 6.12. The van der Waals surface area contributed by atoms with Crippen molar-refractivity contribution in [3.63, 3.8) is 0 Å². The summed E-state index contributed by atoms with van der Waals surface area (Å²) in [7, 11) is 0. The van der Waals surface area contributed by atoms with Crippen molar-refractivity contribution in [2.45, 2.75) is 32.7 Å². The first-order valence-corrected chi connectivity index (χ1v) is 4.15. The van der Waals surface area contributed by atoms with E-state index in [0.717, 1.165) is 0 Å². The molecule has 0 aliphatic rings. The lowest BCUT2D eigenvalue weighted by Crippen LogP contribution is -2.40. The van der Waals surface area contributed by atoms with E-state index < -0.39 is 0 Å². The Morgan fingerprint density at radius 2 is 2.33 bits per heavy atom. The van der Waals surface area contributed by atoms with Gasteiger partial charge in [-0.1, -0.05) is 6.92 Å². The standard InChI is InChI=1S/C9H16N2O/c1-3-5-6-7-11-9(12)8(10)4-2/h8H,4,6-7,10H2,1-2H3,(H,11,12)/t8-/m0/s1. The number of rotatable bonds is 4. The summed E-state index contributed by atoms with van der Waals surface area (Å²) in [4.78, 5) is 11.1. The zero-order valence-corrected chi connectivity index (χ0v) is 7.68. The highest BCUT2D eigenvalue weighted by molar-refractivity contribution is 5.81. The molecule has 0 saturated carbocycles. The van der Waals surface area contributed by atoms with Gasteiger partial charge in [0.2, 0.25) is 5.91 Å². The Morgan fingerprint density at radius 1 is 1.67 bits per heavy atom. The molecule has 1 amide bonds. The van der Waals surface area contributed by atoms with E-state index in [9.17, 15) is 4.79 Å². The topological polar surface area (TPSA) is 55.1 Å². The molecule has 0 aliphatic carbocycles. The molecule has 3 heteroatoms. The molecular weight excluding hydrogens is 152 g/mol. The summed E-state index contributed by atoms with van der Waals surface area (Å²) in [6.45, 7) is 4.25. The van der Waals surface area contributed by atoms with Crippen LogP contribution in [0.5, 0.6) is 0 Å². The summed E-state index contributed by atoms with van der Waals surface area (Å²) in [6.07, 6.45) is 1.37.